The first-order valence-corrected chi connectivity index (χ1v) is 8.10. The van der Waals surface area contributed by atoms with E-state index in [1.54, 1.807) is 11.0 Å². The largest absolute Gasteiger partial charge is 0.492 e. The van der Waals surface area contributed by atoms with Crippen molar-refractivity contribution in [2.75, 3.05) is 40.0 Å². The van der Waals surface area contributed by atoms with E-state index in [1.165, 1.54) is 25.3 Å². The molecule has 138 valence electrons. The number of amides is 1. The molecule has 0 spiro atoms. The summed E-state index contributed by atoms with van der Waals surface area (Å²) in [7, 11) is 1.45. The molecule has 8 heteroatoms. The highest BCUT2D eigenvalue weighted by atomic mass is 19.1. The number of carbonyl (C=O) groups excluding carboxylic acids is 1. The Kier molecular flexibility index (Phi) is 6.72. The number of ether oxygens (including phenoxy) is 2. The summed E-state index contributed by atoms with van der Waals surface area (Å²) in [5.41, 5.74) is -1.15. The molecule has 2 rings (SSSR count). The van der Waals surface area contributed by atoms with Crippen molar-refractivity contribution in [3.63, 3.8) is 0 Å². The van der Waals surface area contributed by atoms with Crippen molar-refractivity contribution in [2.45, 2.75) is 18.4 Å². The van der Waals surface area contributed by atoms with Gasteiger partial charge < -0.3 is 19.9 Å². The Labute approximate surface area is 145 Å². The van der Waals surface area contributed by atoms with Crippen LogP contribution in [0, 0.1) is 5.82 Å². The Hall–Kier alpha value is -2.19. The third-order valence-electron chi connectivity index (χ3n) is 4.23. The van der Waals surface area contributed by atoms with Crippen LogP contribution in [0.25, 0.3) is 0 Å². The highest BCUT2D eigenvalue weighted by Gasteiger charge is 2.48. The highest BCUT2D eigenvalue weighted by Crippen LogP contribution is 2.29. The van der Waals surface area contributed by atoms with Gasteiger partial charge in [0.1, 0.15) is 23.7 Å². The van der Waals surface area contributed by atoms with Crippen LogP contribution in [0.3, 0.4) is 0 Å². The van der Waals surface area contributed by atoms with Crippen LogP contribution in [-0.4, -0.2) is 67.4 Å². The van der Waals surface area contributed by atoms with Crippen molar-refractivity contribution >= 4 is 11.9 Å². The molecule has 1 heterocycles. The summed E-state index contributed by atoms with van der Waals surface area (Å²) in [6.07, 6.45) is 1.15. The van der Waals surface area contributed by atoms with E-state index >= 15 is 0 Å². The average Bonchev–Trinajstić information content (AvgIpc) is 2.96. The summed E-state index contributed by atoms with van der Waals surface area (Å²) < 4.78 is 23.4. The second kappa shape index (κ2) is 8.77. The van der Waals surface area contributed by atoms with Gasteiger partial charge in [-0.3, -0.25) is 14.5 Å². The number of nitrogens with zero attached hydrogens (tertiary/aromatic N) is 1. The van der Waals surface area contributed by atoms with Crippen LogP contribution in [-0.2, 0) is 14.3 Å². The molecule has 1 aliphatic rings. The predicted octanol–water partition coefficient (Wildman–Crippen LogP) is 0.886. The van der Waals surface area contributed by atoms with E-state index < -0.39 is 17.3 Å². The zero-order valence-corrected chi connectivity index (χ0v) is 14.2. The van der Waals surface area contributed by atoms with E-state index in [9.17, 15) is 19.1 Å². The van der Waals surface area contributed by atoms with Gasteiger partial charge in [0, 0.05) is 13.2 Å². The Bertz CT molecular complexity index is 612. The number of carboxylic acid groups (broad SMARTS) is 1. The molecule has 1 aromatic carbocycles. The standard InChI is InChI=1S/C17H23FN2O5/c1-24-12-17(16(22)23)6-3-8-20(17)11-15(21)19-7-9-25-14-5-2-4-13(18)10-14/h2,4-5,10H,3,6-9,11-12H2,1H3,(H,19,21)(H,22,23). The summed E-state index contributed by atoms with van der Waals surface area (Å²) in [4.78, 5) is 25.4. The molecule has 1 fully saturated rings. The number of carbonyl (C=O) groups is 2. The molecule has 25 heavy (non-hydrogen) atoms. The van der Waals surface area contributed by atoms with Gasteiger partial charge in [0.15, 0.2) is 0 Å². The number of methoxy groups -OCH3 is 1. The maximum absolute atomic E-state index is 13.0. The summed E-state index contributed by atoms with van der Waals surface area (Å²) in [6, 6.07) is 5.75. The molecule has 1 amide bonds. The minimum Gasteiger partial charge on any atom is -0.492 e. The minimum absolute atomic E-state index is 0.0182. The Morgan fingerprint density at radius 1 is 1.44 bits per heavy atom. The molecular formula is C17H23FN2O5. The first-order chi connectivity index (χ1) is 12.0. The van der Waals surface area contributed by atoms with Gasteiger partial charge in [-0.1, -0.05) is 6.07 Å². The zero-order valence-electron chi connectivity index (χ0n) is 14.2. The van der Waals surface area contributed by atoms with Gasteiger partial charge in [-0.05, 0) is 31.5 Å². The normalized spacial score (nSPS) is 20.4. The molecular weight excluding hydrogens is 331 g/mol. The van der Waals surface area contributed by atoms with Gasteiger partial charge in [-0.15, -0.1) is 0 Å². The molecule has 0 aromatic heterocycles. The zero-order chi connectivity index (χ0) is 18.3. The van der Waals surface area contributed by atoms with Crippen molar-refractivity contribution in [1.29, 1.82) is 0 Å². The molecule has 1 aliphatic heterocycles. The molecule has 1 atom stereocenters. The van der Waals surface area contributed by atoms with Crippen molar-refractivity contribution in [2.24, 2.45) is 0 Å². The number of nitrogens with one attached hydrogen (secondary N) is 1. The van der Waals surface area contributed by atoms with E-state index in [-0.39, 0.29) is 32.2 Å². The monoisotopic (exact) mass is 354 g/mol. The SMILES string of the molecule is COCC1(C(=O)O)CCCN1CC(=O)NCCOc1cccc(F)c1. The third kappa shape index (κ3) is 4.90. The van der Waals surface area contributed by atoms with Gasteiger partial charge in [-0.25, -0.2) is 4.39 Å². The molecule has 0 radical (unpaired) electrons. The molecule has 1 aromatic rings. The van der Waals surface area contributed by atoms with Crippen LogP contribution >= 0.6 is 0 Å². The van der Waals surface area contributed by atoms with Crippen LogP contribution in [0.15, 0.2) is 24.3 Å². The second-order valence-corrected chi connectivity index (χ2v) is 5.95. The summed E-state index contributed by atoms with van der Waals surface area (Å²) in [5, 5.41) is 12.2. The number of hydrogen-bond donors (Lipinski definition) is 2. The number of benzene rings is 1. The third-order valence-corrected chi connectivity index (χ3v) is 4.23. The first-order valence-electron chi connectivity index (χ1n) is 8.10. The summed E-state index contributed by atoms with van der Waals surface area (Å²) in [6.45, 7) is 0.988. The first kappa shape index (κ1) is 19.1. The fraction of sp³-hybridized carbons (Fsp3) is 0.529. The molecule has 7 nitrogen and oxygen atoms in total. The van der Waals surface area contributed by atoms with Crippen molar-refractivity contribution in [1.82, 2.24) is 10.2 Å². The van der Waals surface area contributed by atoms with Gasteiger partial charge in [-0.2, -0.15) is 0 Å². The smallest absolute Gasteiger partial charge is 0.326 e. The fourth-order valence-corrected chi connectivity index (χ4v) is 3.02. The number of hydrogen-bond acceptors (Lipinski definition) is 5. The highest BCUT2D eigenvalue weighted by molar-refractivity contribution is 5.82. The summed E-state index contributed by atoms with van der Waals surface area (Å²) in [5.74, 6) is -1.27. The summed E-state index contributed by atoms with van der Waals surface area (Å²) >= 11 is 0. The van der Waals surface area contributed by atoms with Crippen LogP contribution in [0.2, 0.25) is 0 Å². The van der Waals surface area contributed by atoms with Crippen LogP contribution in [0.4, 0.5) is 4.39 Å². The minimum atomic E-state index is -1.15. The number of likely N-dealkylation sites (tertiary alicyclic amines) is 1. The fourth-order valence-electron chi connectivity index (χ4n) is 3.02. The lowest BCUT2D eigenvalue weighted by atomic mass is 9.97. The van der Waals surface area contributed by atoms with Gasteiger partial charge in [0.25, 0.3) is 0 Å². The van der Waals surface area contributed by atoms with Crippen LogP contribution < -0.4 is 10.1 Å². The molecule has 1 unspecified atom stereocenters. The van der Waals surface area contributed by atoms with E-state index in [2.05, 4.69) is 5.32 Å². The molecule has 0 bridgehead atoms. The molecule has 1 saturated heterocycles. The van der Waals surface area contributed by atoms with Crippen LogP contribution in [0.1, 0.15) is 12.8 Å². The lowest BCUT2D eigenvalue weighted by Crippen LogP contribution is -2.56. The Morgan fingerprint density at radius 3 is 2.92 bits per heavy atom. The number of carboxylic acids is 1. The topological polar surface area (TPSA) is 88.1 Å². The maximum Gasteiger partial charge on any atom is 0.326 e. The second-order valence-electron chi connectivity index (χ2n) is 5.95. The maximum atomic E-state index is 13.0. The van der Waals surface area contributed by atoms with E-state index in [0.29, 0.717) is 25.1 Å². The number of aliphatic carboxylic acids is 1. The van der Waals surface area contributed by atoms with Gasteiger partial charge in [0.05, 0.1) is 19.7 Å². The van der Waals surface area contributed by atoms with E-state index in [0.717, 1.165) is 0 Å². The van der Waals surface area contributed by atoms with Gasteiger partial charge in [0.2, 0.25) is 5.91 Å². The van der Waals surface area contributed by atoms with Crippen LogP contribution in [0.5, 0.6) is 5.75 Å². The molecule has 2 N–H and O–H groups in total. The lowest BCUT2D eigenvalue weighted by molar-refractivity contribution is -0.154. The Morgan fingerprint density at radius 2 is 2.24 bits per heavy atom. The Balaban J connectivity index is 1.78. The number of rotatable bonds is 9. The van der Waals surface area contributed by atoms with Crippen molar-refractivity contribution in [3.05, 3.63) is 30.1 Å². The predicted molar refractivity (Wildman–Crippen MR) is 88.0 cm³/mol. The van der Waals surface area contributed by atoms with E-state index in [1.807, 2.05) is 0 Å². The van der Waals surface area contributed by atoms with E-state index in [4.69, 9.17) is 9.47 Å². The van der Waals surface area contributed by atoms with Gasteiger partial charge >= 0.3 is 5.97 Å². The molecule has 0 saturated carbocycles. The molecule has 0 aliphatic carbocycles. The number of halogens is 1. The van der Waals surface area contributed by atoms with Crippen molar-refractivity contribution < 1.29 is 28.6 Å². The van der Waals surface area contributed by atoms with Crippen molar-refractivity contribution in [3.8, 4) is 5.75 Å². The average molecular weight is 354 g/mol. The quantitative estimate of drug-likeness (QED) is 0.640. The lowest BCUT2D eigenvalue weighted by Gasteiger charge is -2.33.